The Balaban J connectivity index is 1.66. The first kappa shape index (κ1) is 11.4. The molecule has 0 bridgehead atoms. The summed E-state index contributed by atoms with van der Waals surface area (Å²) in [5, 5.41) is 0.882. The molecule has 0 atom stereocenters. The van der Waals surface area contributed by atoms with Crippen molar-refractivity contribution in [3.05, 3.63) is 28.8 Å². The summed E-state index contributed by atoms with van der Waals surface area (Å²) in [7, 11) is 0. The van der Waals surface area contributed by atoms with Crippen LogP contribution in [0.1, 0.15) is 18.4 Å². The van der Waals surface area contributed by atoms with Crippen molar-refractivity contribution in [2.45, 2.75) is 25.8 Å². The van der Waals surface area contributed by atoms with Crippen molar-refractivity contribution in [3.63, 3.8) is 0 Å². The molecular weight excluding hydrogens is 232 g/mol. The van der Waals surface area contributed by atoms with Crippen molar-refractivity contribution in [1.29, 1.82) is 0 Å². The summed E-state index contributed by atoms with van der Waals surface area (Å²) in [6, 6.07) is 7.31. The van der Waals surface area contributed by atoms with Gasteiger partial charge in [0.1, 0.15) is 0 Å². The molecule has 1 aliphatic heterocycles. The number of benzene rings is 1. The van der Waals surface area contributed by atoms with Crippen molar-refractivity contribution in [2.24, 2.45) is 0 Å². The van der Waals surface area contributed by atoms with Crippen LogP contribution >= 0.6 is 11.6 Å². The van der Waals surface area contributed by atoms with Crippen LogP contribution in [0.3, 0.4) is 0 Å². The maximum atomic E-state index is 6.19. The van der Waals surface area contributed by atoms with E-state index in [4.69, 9.17) is 11.6 Å². The van der Waals surface area contributed by atoms with Crippen molar-refractivity contribution in [2.75, 3.05) is 31.1 Å². The quantitative estimate of drug-likeness (QED) is 0.796. The Labute approximate surface area is 108 Å². The van der Waals surface area contributed by atoms with Gasteiger partial charge in [0.05, 0.1) is 0 Å². The van der Waals surface area contributed by atoms with Gasteiger partial charge in [0.2, 0.25) is 0 Å². The average Bonchev–Trinajstić information content (AvgIpc) is 3.17. The molecule has 0 radical (unpaired) electrons. The fraction of sp³-hybridized carbons (Fsp3) is 0.571. The molecule has 3 heteroatoms. The third-order valence-electron chi connectivity index (χ3n) is 3.90. The van der Waals surface area contributed by atoms with Crippen LogP contribution < -0.4 is 4.90 Å². The second-order valence-corrected chi connectivity index (χ2v) is 5.59. The zero-order valence-corrected chi connectivity index (χ0v) is 11.1. The summed E-state index contributed by atoms with van der Waals surface area (Å²) in [5.41, 5.74) is 2.43. The zero-order valence-electron chi connectivity index (χ0n) is 10.3. The number of rotatable bonds is 2. The smallest absolute Gasteiger partial charge is 0.0455 e. The molecule has 2 nitrogen and oxygen atoms in total. The topological polar surface area (TPSA) is 6.48 Å². The average molecular weight is 251 g/mol. The predicted octanol–water partition coefficient (Wildman–Crippen LogP) is 2.93. The molecule has 1 aliphatic carbocycles. The second-order valence-electron chi connectivity index (χ2n) is 5.19. The Morgan fingerprint density at radius 1 is 1.12 bits per heavy atom. The van der Waals surface area contributed by atoms with E-state index in [1.54, 1.807) is 0 Å². The Kier molecular flexibility index (Phi) is 3.01. The van der Waals surface area contributed by atoms with E-state index in [-0.39, 0.29) is 0 Å². The number of hydrogen-bond acceptors (Lipinski definition) is 2. The van der Waals surface area contributed by atoms with Gasteiger partial charge in [-0.15, -0.1) is 0 Å². The molecule has 1 saturated heterocycles. The van der Waals surface area contributed by atoms with Crippen LogP contribution in [-0.2, 0) is 0 Å². The third kappa shape index (κ3) is 2.43. The van der Waals surface area contributed by atoms with Gasteiger partial charge in [-0.3, -0.25) is 4.90 Å². The van der Waals surface area contributed by atoms with E-state index in [2.05, 4.69) is 34.9 Å². The molecule has 17 heavy (non-hydrogen) atoms. The van der Waals surface area contributed by atoms with Crippen LogP contribution in [0, 0.1) is 6.92 Å². The summed E-state index contributed by atoms with van der Waals surface area (Å²) < 4.78 is 0. The monoisotopic (exact) mass is 250 g/mol. The summed E-state index contributed by atoms with van der Waals surface area (Å²) in [5.74, 6) is 0. The molecule has 1 heterocycles. The van der Waals surface area contributed by atoms with E-state index < -0.39 is 0 Å². The maximum Gasteiger partial charge on any atom is 0.0455 e. The second kappa shape index (κ2) is 4.51. The van der Waals surface area contributed by atoms with Crippen LogP contribution in [0.25, 0.3) is 0 Å². The molecule has 2 aliphatic rings. The van der Waals surface area contributed by atoms with E-state index in [9.17, 15) is 0 Å². The van der Waals surface area contributed by atoms with Crippen molar-refractivity contribution in [3.8, 4) is 0 Å². The lowest BCUT2D eigenvalue weighted by Crippen LogP contribution is -2.47. The highest BCUT2D eigenvalue weighted by Crippen LogP contribution is 2.29. The fourth-order valence-corrected chi connectivity index (χ4v) is 2.74. The maximum absolute atomic E-state index is 6.19. The van der Waals surface area contributed by atoms with Gasteiger partial charge < -0.3 is 4.90 Å². The van der Waals surface area contributed by atoms with Gasteiger partial charge in [0, 0.05) is 42.9 Å². The Morgan fingerprint density at radius 3 is 2.41 bits per heavy atom. The van der Waals surface area contributed by atoms with E-state index >= 15 is 0 Å². The van der Waals surface area contributed by atoms with E-state index in [1.165, 1.54) is 31.6 Å². The number of nitrogens with zero attached hydrogens (tertiary/aromatic N) is 2. The van der Waals surface area contributed by atoms with Gasteiger partial charge >= 0.3 is 0 Å². The van der Waals surface area contributed by atoms with Gasteiger partial charge in [-0.05, 0) is 37.5 Å². The minimum atomic E-state index is 0.882. The van der Waals surface area contributed by atoms with Crippen molar-refractivity contribution >= 4 is 17.3 Å². The largest absolute Gasteiger partial charge is 0.369 e. The number of aryl methyl sites for hydroxylation is 1. The van der Waals surface area contributed by atoms with Gasteiger partial charge in [0.15, 0.2) is 0 Å². The SMILES string of the molecule is Cc1ccc(N2CCN(C3CC3)CC2)cc1Cl. The van der Waals surface area contributed by atoms with Crippen LogP contribution in [0.4, 0.5) is 5.69 Å². The first-order valence-corrected chi connectivity index (χ1v) is 6.87. The number of halogens is 1. The lowest BCUT2D eigenvalue weighted by Gasteiger charge is -2.36. The summed E-state index contributed by atoms with van der Waals surface area (Å²) in [4.78, 5) is 5.08. The van der Waals surface area contributed by atoms with Gasteiger partial charge in [-0.2, -0.15) is 0 Å². The lowest BCUT2D eigenvalue weighted by molar-refractivity contribution is 0.248. The number of piperazine rings is 1. The van der Waals surface area contributed by atoms with E-state index in [0.29, 0.717) is 0 Å². The third-order valence-corrected chi connectivity index (χ3v) is 4.31. The predicted molar refractivity (Wildman–Crippen MR) is 73.0 cm³/mol. The molecule has 0 amide bonds. The first-order valence-electron chi connectivity index (χ1n) is 6.49. The first-order chi connectivity index (χ1) is 8.24. The number of anilines is 1. The minimum Gasteiger partial charge on any atom is -0.369 e. The summed E-state index contributed by atoms with van der Waals surface area (Å²) in [6.07, 6.45) is 2.83. The standard InChI is InChI=1S/C14H19ClN2/c1-11-2-3-13(10-14(11)15)17-8-6-16(7-9-17)12-4-5-12/h2-3,10,12H,4-9H2,1H3. The van der Waals surface area contributed by atoms with E-state index in [0.717, 1.165) is 29.7 Å². The van der Waals surface area contributed by atoms with Crippen LogP contribution in [0.2, 0.25) is 5.02 Å². The van der Waals surface area contributed by atoms with Crippen molar-refractivity contribution < 1.29 is 0 Å². The molecule has 0 spiro atoms. The Hall–Kier alpha value is -0.730. The molecule has 3 rings (SSSR count). The normalized spacial score (nSPS) is 21.9. The van der Waals surface area contributed by atoms with E-state index in [1.807, 2.05) is 0 Å². The highest BCUT2D eigenvalue weighted by atomic mass is 35.5. The summed E-state index contributed by atoms with van der Waals surface area (Å²) >= 11 is 6.19. The molecule has 1 aromatic rings. The molecule has 92 valence electrons. The molecule has 0 unspecified atom stereocenters. The van der Waals surface area contributed by atoms with Crippen LogP contribution in [0.15, 0.2) is 18.2 Å². The van der Waals surface area contributed by atoms with Crippen LogP contribution in [0.5, 0.6) is 0 Å². The molecule has 0 aromatic heterocycles. The number of hydrogen-bond donors (Lipinski definition) is 0. The van der Waals surface area contributed by atoms with Crippen LogP contribution in [-0.4, -0.2) is 37.1 Å². The Bertz CT molecular complexity index is 407. The van der Waals surface area contributed by atoms with Crippen molar-refractivity contribution in [1.82, 2.24) is 4.90 Å². The molecule has 1 saturated carbocycles. The summed E-state index contributed by atoms with van der Waals surface area (Å²) in [6.45, 7) is 6.73. The van der Waals surface area contributed by atoms with Gasteiger partial charge in [-0.1, -0.05) is 17.7 Å². The van der Waals surface area contributed by atoms with Gasteiger partial charge in [-0.25, -0.2) is 0 Å². The zero-order chi connectivity index (χ0) is 11.8. The highest BCUT2D eigenvalue weighted by Gasteiger charge is 2.31. The fourth-order valence-electron chi connectivity index (χ4n) is 2.56. The molecular formula is C14H19ClN2. The lowest BCUT2D eigenvalue weighted by atomic mass is 10.2. The Morgan fingerprint density at radius 2 is 1.82 bits per heavy atom. The van der Waals surface area contributed by atoms with Gasteiger partial charge in [0.25, 0.3) is 0 Å². The highest BCUT2D eigenvalue weighted by molar-refractivity contribution is 6.31. The molecule has 0 N–H and O–H groups in total. The molecule has 2 fully saturated rings. The molecule has 1 aromatic carbocycles. The minimum absolute atomic E-state index is 0.882.